The van der Waals surface area contributed by atoms with Crippen molar-refractivity contribution >= 4 is 33.6 Å². The molecule has 0 radical (unpaired) electrons. The largest absolute Gasteiger partial charge is 0.488 e. The van der Waals surface area contributed by atoms with Crippen LogP contribution in [0.2, 0.25) is 0 Å². The SMILES string of the molecule is Cn1ncc2cc(C(=O)O)cc(O[C@H]3CC[C@@](C)(C(=O)OCc4cccc5ccccc45)CC3)c21. The number of benzene rings is 3. The third-order valence-electron chi connectivity index (χ3n) is 7.11. The zero-order chi connectivity index (χ0) is 24.6. The van der Waals surface area contributed by atoms with Gasteiger partial charge in [-0.1, -0.05) is 42.5 Å². The average Bonchev–Trinajstić information content (AvgIpc) is 3.24. The first-order chi connectivity index (χ1) is 16.8. The van der Waals surface area contributed by atoms with Gasteiger partial charge in [0, 0.05) is 12.4 Å². The number of hydrogen-bond donors (Lipinski definition) is 1. The summed E-state index contributed by atoms with van der Waals surface area (Å²) in [6.07, 6.45) is 4.15. The van der Waals surface area contributed by atoms with Gasteiger partial charge in [0.1, 0.15) is 17.9 Å². The van der Waals surface area contributed by atoms with Crippen molar-refractivity contribution in [3.63, 3.8) is 0 Å². The quantitative estimate of drug-likeness (QED) is 0.373. The normalized spacial score (nSPS) is 20.1. The molecular formula is C28H28N2O5. The number of aryl methyl sites for hydroxylation is 1. The predicted molar refractivity (Wildman–Crippen MR) is 132 cm³/mol. The van der Waals surface area contributed by atoms with E-state index in [1.165, 1.54) is 0 Å². The molecule has 1 saturated carbocycles. The second-order valence-electron chi connectivity index (χ2n) is 9.58. The summed E-state index contributed by atoms with van der Waals surface area (Å²) in [5, 5.41) is 16.7. The summed E-state index contributed by atoms with van der Waals surface area (Å²) in [6.45, 7) is 2.20. The van der Waals surface area contributed by atoms with Gasteiger partial charge in [0.15, 0.2) is 0 Å². The summed E-state index contributed by atoms with van der Waals surface area (Å²) in [5.74, 6) is -0.691. The van der Waals surface area contributed by atoms with Crippen LogP contribution in [0.5, 0.6) is 5.75 Å². The number of carboxylic acids is 1. The third-order valence-corrected chi connectivity index (χ3v) is 7.11. The first kappa shape index (κ1) is 22.9. The van der Waals surface area contributed by atoms with Crippen molar-refractivity contribution in [3.05, 3.63) is 71.9 Å². The molecule has 0 spiro atoms. The van der Waals surface area contributed by atoms with E-state index in [0.29, 0.717) is 31.4 Å². The number of aromatic nitrogens is 2. The van der Waals surface area contributed by atoms with Crippen molar-refractivity contribution in [2.45, 2.75) is 45.3 Å². The molecule has 7 nitrogen and oxygen atoms in total. The van der Waals surface area contributed by atoms with Gasteiger partial charge in [-0.3, -0.25) is 9.48 Å². The molecule has 1 heterocycles. The van der Waals surface area contributed by atoms with Crippen molar-refractivity contribution in [2.75, 3.05) is 0 Å². The summed E-state index contributed by atoms with van der Waals surface area (Å²) in [6, 6.07) is 17.3. The van der Waals surface area contributed by atoms with Gasteiger partial charge >= 0.3 is 11.9 Å². The Morgan fingerprint density at radius 1 is 1.09 bits per heavy atom. The number of fused-ring (bicyclic) bond motifs is 2. The number of carbonyl (C=O) groups excluding carboxylic acids is 1. The van der Waals surface area contributed by atoms with Crippen LogP contribution >= 0.6 is 0 Å². The molecule has 0 aliphatic heterocycles. The Balaban J connectivity index is 1.25. The minimum Gasteiger partial charge on any atom is -0.488 e. The van der Waals surface area contributed by atoms with E-state index >= 15 is 0 Å². The number of carbonyl (C=O) groups is 2. The Kier molecular flexibility index (Phi) is 5.93. The van der Waals surface area contributed by atoms with Crippen LogP contribution in [0.1, 0.15) is 48.5 Å². The Bertz CT molecular complexity index is 1410. The van der Waals surface area contributed by atoms with Crippen molar-refractivity contribution in [3.8, 4) is 5.75 Å². The summed E-state index contributed by atoms with van der Waals surface area (Å²) in [4.78, 5) is 24.6. The van der Waals surface area contributed by atoms with Crippen LogP contribution in [0.3, 0.4) is 0 Å². The van der Waals surface area contributed by atoms with E-state index < -0.39 is 11.4 Å². The number of aromatic carboxylic acids is 1. The van der Waals surface area contributed by atoms with Crippen molar-refractivity contribution in [1.29, 1.82) is 0 Å². The molecule has 0 amide bonds. The third kappa shape index (κ3) is 4.46. The van der Waals surface area contributed by atoms with Gasteiger partial charge in [-0.25, -0.2) is 4.79 Å². The number of ether oxygens (including phenoxy) is 2. The van der Waals surface area contributed by atoms with Crippen molar-refractivity contribution in [1.82, 2.24) is 9.78 Å². The molecule has 0 atom stereocenters. The van der Waals surface area contributed by atoms with Gasteiger partial charge in [-0.05, 0) is 61.1 Å². The van der Waals surface area contributed by atoms with Crippen LogP contribution in [0.15, 0.2) is 60.8 Å². The summed E-state index contributed by atoms with van der Waals surface area (Å²) in [5.41, 5.74) is 1.35. The zero-order valence-electron chi connectivity index (χ0n) is 19.9. The number of rotatable bonds is 6. The molecule has 1 aliphatic carbocycles. The fraction of sp³-hybridized carbons (Fsp3) is 0.321. The van der Waals surface area contributed by atoms with Gasteiger partial charge < -0.3 is 14.6 Å². The molecule has 0 unspecified atom stereocenters. The highest BCUT2D eigenvalue weighted by atomic mass is 16.5. The monoisotopic (exact) mass is 472 g/mol. The molecule has 4 aromatic rings. The van der Waals surface area contributed by atoms with Gasteiger partial charge in [0.2, 0.25) is 0 Å². The van der Waals surface area contributed by atoms with E-state index in [9.17, 15) is 14.7 Å². The highest BCUT2D eigenvalue weighted by molar-refractivity contribution is 5.96. The topological polar surface area (TPSA) is 90.7 Å². The Hall–Kier alpha value is -3.87. The van der Waals surface area contributed by atoms with E-state index in [4.69, 9.17) is 9.47 Å². The summed E-state index contributed by atoms with van der Waals surface area (Å²) >= 11 is 0. The molecule has 1 aliphatic rings. The molecule has 1 N–H and O–H groups in total. The Labute approximate surface area is 203 Å². The molecule has 1 fully saturated rings. The standard InChI is InChI=1S/C28H28N2O5/c1-28(27(33)34-17-19-8-5-7-18-6-3-4-9-23(18)19)12-10-22(11-13-28)35-24-15-20(26(31)32)14-21-16-29-30(2)25(21)24/h3-9,14-16,22H,10-13,17H2,1-2H3,(H,31,32)/t22-,28+. The second-order valence-corrected chi connectivity index (χ2v) is 9.58. The minimum absolute atomic E-state index is 0.115. The van der Waals surface area contributed by atoms with Crippen LogP contribution in [0, 0.1) is 5.41 Å². The number of nitrogens with zero attached hydrogens (tertiary/aromatic N) is 2. The average molecular weight is 473 g/mol. The molecular weight excluding hydrogens is 444 g/mol. The van der Waals surface area contributed by atoms with Gasteiger partial charge in [0.05, 0.1) is 23.3 Å². The van der Waals surface area contributed by atoms with E-state index in [2.05, 4.69) is 17.2 Å². The van der Waals surface area contributed by atoms with Gasteiger partial charge in [-0.2, -0.15) is 5.10 Å². The molecule has 180 valence electrons. The van der Waals surface area contributed by atoms with Gasteiger partial charge in [-0.15, -0.1) is 0 Å². The molecule has 7 heteroatoms. The Morgan fingerprint density at radius 2 is 1.83 bits per heavy atom. The summed E-state index contributed by atoms with van der Waals surface area (Å²) < 4.78 is 13.7. The molecule has 3 aromatic carbocycles. The molecule has 1 aromatic heterocycles. The van der Waals surface area contributed by atoms with Crippen LogP contribution in [-0.2, 0) is 23.2 Å². The maximum absolute atomic E-state index is 13.1. The van der Waals surface area contributed by atoms with E-state index in [1.54, 1.807) is 30.1 Å². The zero-order valence-corrected chi connectivity index (χ0v) is 19.9. The van der Waals surface area contributed by atoms with Crippen LogP contribution in [-0.4, -0.2) is 32.9 Å². The lowest BCUT2D eigenvalue weighted by atomic mass is 9.74. The molecule has 35 heavy (non-hydrogen) atoms. The first-order valence-corrected chi connectivity index (χ1v) is 11.8. The smallest absolute Gasteiger partial charge is 0.335 e. The number of carboxylic acid groups (broad SMARTS) is 1. The van der Waals surface area contributed by atoms with E-state index in [0.717, 1.165) is 27.2 Å². The van der Waals surface area contributed by atoms with E-state index in [1.807, 2.05) is 37.3 Å². The minimum atomic E-state index is -1.01. The lowest BCUT2D eigenvalue weighted by Crippen LogP contribution is -2.37. The number of esters is 1. The molecule has 5 rings (SSSR count). The van der Waals surface area contributed by atoms with Crippen molar-refractivity contribution in [2.24, 2.45) is 12.5 Å². The predicted octanol–water partition coefficient (Wildman–Crippen LogP) is 5.50. The van der Waals surface area contributed by atoms with Crippen LogP contribution in [0.4, 0.5) is 0 Å². The maximum Gasteiger partial charge on any atom is 0.335 e. The van der Waals surface area contributed by atoms with Gasteiger partial charge in [0.25, 0.3) is 0 Å². The second kappa shape index (κ2) is 9.06. The fourth-order valence-electron chi connectivity index (χ4n) is 4.96. The first-order valence-electron chi connectivity index (χ1n) is 11.8. The highest BCUT2D eigenvalue weighted by Gasteiger charge is 2.39. The van der Waals surface area contributed by atoms with Crippen molar-refractivity contribution < 1.29 is 24.2 Å². The fourth-order valence-corrected chi connectivity index (χ4v) is 4.96. The lowest BCUT2D eigenvalue weighted by molar-refractivity contribution is -0.159. The lowest BCUT2D eigenvalue weighted by Gasteiger charge is -2.35. The number of hydrogen-bond acceptors (Lipinski definition) is 5. The molecule has 0 bridgehead atoms. The van der Waals surface area contributed by atoms with Crippen LogP contribution in [0.25, 0.3) is 21.7 Å². The van der Waals surface area contributed by atoms with Crippen LogP contribution < -0.4 is 4.74 Å². The van der Waals surface area contributed by atoms with E-state index in [-0.39, 0.29) is 24.2 Å². The highest BCUT2D eigenvalue weighted by Crippen LogP contribution is 2.40. The maximum atomic E-state index is 13.1. The summed E-state index contributed by atoms with van der Waals surface area (Å²) in [7, 11) is 1.81. The Morgan fingerprint density at radius 3 is 2.60 bits per heavy atom. The molecule has 0 saturated heterocycles.